The number of unbranched alkanes of at least 4 members (excludes halogenated alkanes) is 3. The standard InChI is InChI=1S/C8H15NO/c9-7-5-3-1-2-4-6-8-10/h4,6,8H,1-3,5,7,9H2/b6-4+. The third-order valence-electron chi connectivity index (χ3n) is 1.29. The Morgan fingerprint density at radius 3 is 2.60 bits per heavy atom. The highest BCUT2D eigenvalue weighted by molar-refractivity contribution is 5.64. The summed E-state index contributed by atoms with van der Waals surface area (Å²) in [5, 5.41) is 0. The first-order valence-corrected chi connectivity index (χ1v) is 3.72. The Balaban J connectivity index is 2.90. The fourth-order valence-electron chi connectivity index (χ4n) is 0.735. The van der Waals surface area contributed by atoms with Crippen molar-refractivity contribution in [3.05, 3.63) is 12.2 Å². The Bertz CT molecular complexity index is 99.4. The smallest absolute Gasteiger partial charge is 0.142 e. The second-order valence-electron chi connectivity index (χ2n) is 2.20. The Hall–Kier alpha value is -0.630. The van der Waals surface area contributed by atoms with Crippen molar-refractivity contribution in [3.63, 3.8) is 0 Å². The molecule has 0 aromatic rings. The summed E-state index contributed by atoms with van der Waals surface area (Å²) in [6.45, 7) is 0.775. The number of hydrogen-bond acceptors (Lipinski definition) is 2. The van der Waals surface area contributed by atoms with Gasteiger partial charge in [-0.3, -0.25) is 4.79 Å². The molecule has 2 N–H and O–H groups in total. The van der Waals surface area contributed by atoms with E-state index in [4.69, 9.17) is 5.73 Å². The summed E-state index contributed by atoms with van der Waals surface area (Å²) in [7, 11) is 0. The number of hydrogen-bond donors (Lipinski definition) is 1. The molecule has 0 atom stereocenters. The Labute approximate surface area is 62.1 Å². The molecule has 0 aliphatic rings. The molecule has 0 heterocycles. The van der Waals surface area contributed by atoms with Crippen LogP contribution in [0.2, 0.25) is 0 Å². The third-order valence-corrected chi connectivity index (χ3v) is 1.29. The molecule has 0 aromatic carbocycles. The van der Waals surface area contributed by atoms with Crippen LogP contribution in [-0.2, 0) is 4.79 Å². The summed E-state index contributed by atoms with van der Waals surface area (Å²) in [5.41, 5.74) is 5.30. The van der Waals surface area contributed by atoms with E-state index in [0.717, 1.165) is 32.1 Å². The SMILES string of the molecule is NCCCCC/C=C/C=O. The van der Waals surface area contributed by atoms with E-state index in [0.29, 0.717) is 0 Å². The highest BCUT2D eigenvalue weighted by Crippen LogP contribution is 1.98. The van der Waals surface area contributed by atoms with Crippen molar-refractivity contribution in [2.45, 2.75) is 25.7 Å². The van der Waals surface area contributed by atoms with Crippen molar-refractivity contribution in [2.24, 2.45) is 5.73 Å². The van der Waals surface area contributed by atoms with E-state index in [1.54, 1.807) is 6.08 Å². The van der Waals surface area contributed by atoms with Crippen LogP contribution in [0.25, 0.3) is 0 Å². The molecule has 0 bridgehead atoms. The number of allylic oxidation sites excluding steroid dienone is 2. The van der Waals surface area contributed by atoms with E-state index in [1.165, 1.54) is 6.42 Å². The van der Waals surface area contributed by atoms with Gasteiger partial charge in [-0.15, -0.1) is 0 Å². The van der Waals surface area contributed by atoms with E-state index in [2.05, 4.69) is 0 Å². The zero-order valence-corrected chi connectivity index (χ0v) is 6.25. The Morgan fingerprint density at radius 1 is 1.20 bits per heavy atom. The summed E-state index contributed by atoms with van der Waals surface area (Å²) < 4.78 is 0. The average molecular weight is 141 g/mol. The Morgan fingerprint density at radius 2 is 2.00 bits per heavy atom. The van der Waals surface area contributed by atoms with Crippen LogP contribution in [0.5, 0.6) is 0 Å². The average Bonchev–Trinajstić information content (AvgIpc) is 1.97. The topological polar surface area (TPSA) is 43.1 Å². The number of carbonyl (C=O) groups is 1. The first-order valence-electron chi connectivity index (χ1n) is 3.72. The number of nitrogens with two attached hydrogens (primary N) is 1. The molecule has 0 unspecified atom stereocenters. The highest BCUT2D eigenvalue weighted by Gasteiger charge is 1.82. The van der Waals surface area contributed by atoms with Gasteiger partial charge in [-0.25, -0.2) is 0 Å². The van der Waals surface area contributed by atoms with Crippen molar-refractivity contribution >= 4 is 6.29 Å². The molecule has 58 valence electrons. The summed E-state index contributed by atoms with van der Waals surface area (Å²) in [4.78, 5) is 9.79. The van der Waals surface area contributed by atoms with Crippen molar-refractivity contribution in [3.8, 4) is 0 Å². The second-order valence-corrected chi connectivity index (χ2v) is 2.20. The van der Waals surface area contributed by atoms with E-state index in [9.17, 15) is 4.79 Å². The maximum atomic E-state index is 9.79. The molecule has 2 nitrogen and oxygen atoms in total. The minimum atomic E-state index is 0.775. The molecular weight excluding hydrogens is 126 g/mol. The monoisotopic (exact) mass is 141 g/mol. The van der Waals surface area contributed by atoms with Crippen LogP contribution < -0.4 is 5.73 Å². The fraction of sp³-hybridized carbons (Fsp3) is 0.625. The molecule has 0 aliphatic heterocycles. The number of carbonyl (C=O) groups excluding carboxylic acids is 1. The number of aldehydes is 1. The van der Waals surface area contributed by atoms with Gasteiger partial charge in [0.05, 0.1) is 0 Å². The van der Waals surface area contributed by atoms with Crippen LogP contribution in [0.4, 0.5) is 0 Å². The first kappa shape index (κ1) is 9.37. The molecule has 2 heteroatoms. The first-order chi connectivity index (χ1) is 4.91. The summed E-state index contributed by atoms with van der Waals surface area (Å²) in [6.07, 6.45) is 8.64. The second kappa shape index (κ2) is 8.37. The van der Waals surface area contributed by atoms with Gasteiger partial charge in [0.1, 0.15) is 6.29 Å². The van der Waals surface area contributed by atoms with Gasteiger partial charge in [0.15, 0.2) is 0 Å². The molecule has 0 aromatic heterocycles. The maximum Gasteiger partial charge on any atom is 0.142 e. The van der Waals surface area contributed by atoms with Crippen molar-refractivity contribution < 1.29 is 4.79 Å². The van der Waals surface area contributed by atoms with Crippen LogP contribution in [0.15, 0.2) is 12.2 Å². The molecular formula is C8H15NO. The molecule has 0 saturated heterocycles. The predicted molar refractivity (Wildman–Crippen MR) is 42.7 cm³/mol. The van der Waals surface area contributed by atoms with Gasteiger partial charge in [0, 0.05) is 0 Å². The molecule has 10 heavy (non-hydrogen) atoms. The fourth-order valence-corrected chi connectivity index (χ4v) is 0.735. The summed E-state index contributed by atoms with van der Waals surface area (Å²) in [6, 6.07) is 0. The minimum Gasteiger partial charge on any atom is -0.330 e. The van der Waals surface area contributed by atoms with E-state index in [1.807, 2.05) is 6.08 Å². The third kappa shape index (κ3) is 7.37. The van der Waals surface area contributed by atoms with Gasteiger partial charge in [-0.1, -0.05) is 12.5 Å². The maximum absolute atomic E-state index is 9.79. The predicted octanol–water partition coefficient (Wildman–Crippen LogP) is 1.26. The molecule has 0 amide bonds. The lowest BCUT2D eigenvalue weighted by molar-refractivity contribution is -0.104. The number of rotatable bonds is 6. The van der Waals surface area contributed by atoms with Gasteiger partial charge in [-0.2, -0.15) is 0 Å². The lowest BCUT2D eigenvalue weighted by Gasteiger charge is -1.92. The van der Waals surface area contributed by atoms with Crippen molar-refractivity contribution in [1.82, 2.24) is 0 Å². The molecule has 0 aliphatic carbocycles. The lowest BCUT2D eigenvalue weighted by atomic mass is 10.2. The quantitative estimate of drug-likeness (QED) is 0.344. The van der Waals surface area contributed by atoms with Gasteiger partial charge in [0.2, 0.25) is 0 Å². The summed E-state index contributed by atoms with van der Waals surface area (Å²) >= 11 is 0. The van der Waals surface area contributed by atoms with Crippen molar-refractivity contribution in [1.29, 1.82) is 0 Å². The van der Waals surface area contributed by atoms with Gasteiger partial charge < -0.3 is 5.73 Å². The van der Waals surface area contributed by atoms with Gasteiger partial charge in [-0.05, 0) is 31.9 Å². The zero-order chi connectivity index (χ0) is 7.66. The molecule has 0 spiro atoms. The van der Waals surface area contributed by atoms with Gasteiger partial charge in [0.25, 0.3) is 0 Å². The highest BCUT2D eigenvalue weighted by atomic mass is 16.1. The molecule has 0 saturated carbocycles. The largest absolute Gasteiger partial charge is 0.330 e. The van der Waals surface area contributed by atoms with Gasteiger partial charge >= 0.3 is 0 Å². The zero-order valence-electron chi connectivity index (χ0n) is 6.25. The van der Waals surface area contributed by atoms with E-state index >= 15 is 0 Å². The van der Waals surface area contributed by atoms with E-state index < -0.39 is 0 Å². The lowest BCUT2D eigenvalue weighted by Crippen LogP contribution is -1.97. The van der Waals surface area contributed by atoms with Crippen LogP contribution >= 0.6 is 0 Å². The van der Waals surface area contributed by atoms with Crippen LogP contribution in [0.3, 0.4) is 0 Å². The minimum absolute atomic E-state index is 0.775. The van der Waals surface area contributed by atoms with E-state index in [-0.39, 0.29) is 0 Å². The molecule has 0 rings (SSSR count). The van der Waals surface area contributed by atoms with Crippen LogP contribution in [0, 0.1) is 0 Å². The normalized spacial score (nSPS) is 10.5. The molecule has 0 radical (unpaired) electrons. The Kier molecular flexibility index (Phi) is 7.84. The van der Waals surface area contributed by atoms with Crippen LogP contribution in [-0.4, -0.2) is 12.8 Å². The molecule has 0 fully saturated rings. The van der Waals surface area contributed by atoms with Crippen LogP contribution in [0.1, 0.15) is 25.7 Å². The van der Waals surface area contributed by atoms with Crippen molar-refractivity contribution in [2.75, 3.05) is 6.54 Å². The summed E-state index contributed by atoms with van der Waals surface area (Å²) in [5.74, 6) is 0.